The quantitative estimate of drug-likeness (QED) is 0.782. The molecule has 0 aromatic carbocycles. The molecule has 2 N–H and O–H groups in total. The summed E-state index contributed by atoms with van der Waals surface area (Å²) in [6.07, 6.45) is 1.14. The Morgan fingerprint density at radius 2 is 2.21 bits per heavy atom. The molecule has 0 amide bonds. The van der Waals surface area contributed by atoms with E-state index in [0.29, 0.717) is 0 Å². The van der Waals surface area contributed by atoms with Crippen LogP contribution in [0.1, 0.15) is 24.3 Å². The molecule has 80 valence electrons. The molecule has 1 aromatic rings. The van der Waals surface area contributed by atoms with E-state index in [1.54, 1.807) is 0 Å². The van der Waals surface area contributed by atoms with Crippen LogP contribution in [-0.4, -0.2) is 24.5 Å². The van der Waals surface area contributed by atoms with Crippen molar-refractivity contribution < 1.29 is 0 Å². The van der Waals surface area contributed by atoms with Gasteiger partial charge in [0.15, 0.2) is 0 Å². The summed E-state index contributed by atoms with van der Waals surface area (Å²) in [6.45, 7) is 8.30. The molecule has 1 rings (SSSR count). The number of thiophene rings is 1. The molecule has 0 radical (unpaired) electrons. The Kier molecular flexibility index (Phi) is 5.15. The predicted octanol–water partition coefficient (Wildman–Crippen LogP) is 2.09. The minimum atomic E-state index is 0.751. The molecule has 2 nitrogen and oxygen atoms in total. The number of hydrogen-bond donors (Lipinski definition) is 1. The summed E-state index contributed by atoms with van der Waals surface area (Å²) in [5.74, 6) is 0. The highest BCUT2D eigenvalue weighted by molar-refractivity contribution is 7.10. The molecule has 0 fully saturated rings. The Balaban J connectivity index is 2.56. The summed E-state index contributed by atoms with van der Waals surface area (Å²) in [5.41, 5.74) is 7.06. The Labute approximate surface area is 90.7 Å². The van der Waals surface area contributed by atoms with Gasteiger partial charge in [0.2, 0.25) is 0 Å². The Bertz CT molecular complexity index is 258. The maximum absolute atomic E-state index is 5.57. The molecule has 0 unspecified atom stereocenters. The van der Waals surface area contributed by atoms with Crippen LogP contribution in [0.15, 0.2) is 11.4 Å². The van der Waals surface area contributed by atoms with Crippen molar-refractivity contribution in [2.45, 2.75) is 26.8 Å². The summed E-state index contributed by atoms with van der Waals surface area (Å²) < 4.78 is 0. The average Bonchev–Trinajstić information content (AvgIpc) is 2.64. The molecule has 0 saturated carbocycles. The summed E-state index contributed by atoms with van der Waals surface area (Å²) in [7, 11) is 0. The number of hydrogen-bond acceptors (Lipinski definition) is 3. The van der Waals surface area contributed by atoms with E-state index in [-0.39, 0.29) is 0 Å². The maximum atomic E-state index is 5.57. The maximum Gasteiger partial charge on any atom is 0.0331 e. The van der Waals surface area contributed by atoms with Crippen molar-refractivity contribution in [3.05, 3.63) is 21.9 Å². The van der Waals surface area contributed by atoms with Gasteiger partial charge in [0.25, 0.3) is 0 Å². The highest BCUT2D eigenvalue weighted by atomic mass is 32.1. The minimum Gasteiger partial charge on any atom is -0.329 e. The van der Waals surface area contributed by atoms with E-state index in [9.17, 15) is 0 Å². The van der Waals surface area contributed by atoms with E-state index in [4.69, 9.17) is 5.73 Å². The first kappa shape index (κ1) is 11.7. The summed E-state index contributed by atoms with van der Waals surface area (Å²) in [4.78, 5) is 3.90. The smallest absolute Gasteiger partial charge is 0.0331 e. The lowest BCUT2D eigenvalue weighted by Crippen LogP contribution is -2.28. The second-order valence-electron chi connectivity index (χ2n) is 3.38. The van der Waals surface area contributed by atoms with Gasteiger partial charge in [0, 0.05) is 24.5 Å². The van der Waals surface area contributed by atoms with Crippen LogP contribution in [0, 0.1) is 0 Å². The predicted molar refractivity (Wildman–Crippen MR) is 63.7 cm³/mol. The fraction of sp³-hybridized carbons (Fsp3) is 0.636. The molecule has 1 aromatic heterocycles. The topological polar surface area (TPSA) is 29.3 Å². The lowest BCUT2D eigenvalue weighted by molar-refractivity contribution is 0.290. The standard InChI is InChI=1S/C11H20N2S/c1-3-10-5-8-14-11(10)9-13(4-2)7-6-12/h5,8H,3-4,6-7,9,12H2,1-2H3. The van der Waals surface area contributed by atoms with Gasteiger partial charge in [-0.25, -0.2) is 0 Å². The second kappa shape index (κ2) is 6.17. The summed E-state index contributed by atoms with van der Waals surface area (Å²) >= 11 is 1.86. The number of nitrogens with zero attached hydrogens (tertiary/aromatic N) is 1. The van der Waals surface area contributed by atoms with Crippen molar-refractivity contribution in [2.24, 2.45) is 5.73 Å². The first-order chi connectivity index (χ1) is 6.81. The minimum absolute atomic E-state index is 0.751. The first-order valence-corrected chi connectivity index (χ1v) is 6.17. The second-order valence-corrected chi connectivity index (χ2v) is 4.38. The third-order valence-electron chi connectivity index (χ3n) is 2.48. The van der Waals surface area contributed by atoms with Crippen LogP contribution in [0.4, 0.5) is 0 Å². The van der Waals surface area contributed by atoms with Gasteiger partial charge in [-0.1, -0.05) is 13.8 Å². The number of rotatable bonds is 6. The summed E-state index contributed by atoms with van der Waals surface area (Å²) in [6, 6.07) is 2.23. The molecular weight excluding hydrogens is 192 g/mol. The summed E-state index contributed by atoms with van der Waals surface area (Å²) in [5, 5.41) is 2.18. The molecule has 0 atom stereocenters. The van der Waals surface area contributed by atoms with Gasteiger partial charge in [-0.05, 0) is 30.0 Å². The SMILES string of the molecule is CCc1ccsc1CN(CC)CCN. The number of aryl methyl sites for hydroxylation is 1. The van der Waals surface area contributed by atoms with Crippen LogP contribution in [0.5, 0.6) is 0 Å². The number of nitrogens with two attached hydrogens (primary N) is 1. The van der Waals surface area contributed by atoms with E-state index in [1.807, 2.05) is 11.3 Å². The van der Waals surface area contributed by atoms with E-state index >= 15 is 0 Å². The molecule has 0 aliphatic carbocycles. The zero-order valence-corrected chi connectivity index (χ0v) is 9.94. The Hall–Kier alpha value is -0.380. The molecule has 1 heterocycles. The fourth-order valence-electron chi connectivity index (χ4n) is 1.56. The van der Waals surface area contributed by atoms with Gasteiger partial charge in [-0.15, -0.1) is 11.3 Å². The van der Waals surface area contributed by atoms with E-state index in [0.717, 1.165) is 32.6 Å². The highest BCUT2D eigenvalue weighted by Crippen LogP contribution is 2.19. The third kappa shape index (κ3) is 3.08. The lowest BCUT2D eigenvalue weighted by Gasteiger charge is -2.19. The largest absolute Gasteiger partial charge is 0.329 e. The van der Waals surface area contributed by atoms with Crippen molar-refractivity contribution in [1.82, 2.24) is 4.90 Å². The molecule has 0 aliphatic rings. The zero-order valence-electron chi connectivity index (χ0n) is 9.12. The first-order valence-electron chi connectivity index (χ1n) is 5.29. The van der Waals surface area contributed by atoms with Crippen molar-refractivity contribution in [2.75, 3.05) is 19.6 Å². The lowest BCUT2D eigenvalue weighted by atomic mass is 10.2. The molecule has 3 heteroatoms. The van der Waals surface area contributed by atoms with Crippen molar-refractivity contribution in [1.29, 1.82) is 0 Å². The van der Waals surface area contributed by atoms with Crippen LogP contribution in [0.25, 0.3) is 0 Å². The number of likely N-dealkylation sites (N-methyl/N-ethyl adjacent to an activating group) is 1. The van der Waals surface area contributed by atoms with Gasteiger partial charge >= 0.3 is 0 Å². The van der Waals surface area contributed by atoms with Crippen LogP contribution in [0.3, 0.4) is 0 Å². The van der Waals surface area contributed by atoms with Crippen LogP contribution in [-0.2, 0) is 13.0 Å². The monoisotopic (exact) mass is 212 g/mol. The average molecular weight is 212 g/mol. The molecule has 0 aliphatic heterocycles. The van der Waals surface area contributed by atoms with Gasteiger partial charge in [0.05, 0.1) is 0 Å². The molecule has 0 bridgehead atoms. The normalized spacial score (nSPS) is 11.1. The van der Waals surface area contributed by atoms with Gasteiger partial charge in [-0.3, -0.25) is 4.90 Å². The molecule has 0 saturated heterocycles. The van der Waals surface area contributed by atoms with Gasteiger partial charge < -0.3 is 5.73 Å². The fourth-order valence-corrected chi connectivity index (χ4v) is 2.57. The van der Waals surface area contributed by atoms with E-state index in [1.165, 1.54) is 10.4 Å². The van der Waals surface area contributed by atoms with E-state index < -0.39 is 0 Å². The Morgan fingerprint density at radius 3 is 2.79 bits per heavy atom. The van der Waals surface area contributed by atoms with Crippen molar-refractivity contribution in [3.8, 4) is 0 Å². The third-order valence-corrected chi connectivity index (χ3v) is 3.43. The van der Waals surface area contributed by atoms with Crippen LogP contribution >= 0.6 is 11.3 Å². The van der Waals surface area contributed by atoms with Crippen LogP contribution < -0.4 is 5.73 Å². The zero-order chi connectivity index (χ0) is 10.4. The van der Waals surface area contributed by atoms with Crippen molar-refractivity contribution in [3.63, 3.8) is 0 Å². The molecular formula is C11H20N2S. The molecule has 14 heavy (non-hydrogen) atoms. The van der Waals surface area contributed by atoms with Crippen molar-refractivity contribution >= 4 is 11.3 Å². The molecule has 0 spiro atoms. The van der Waals surface area contributed by atoms with Crippen LogP contribution in [0.2, 0.25) is 0 Å². The van der Waals surface area contributed by atoms with Gasteiger partial charge in [-0.2, -0.15) is 0 Å². The Morgan fingerprint density at radius 1 is 1.43 bits per heavy atom. The van der Waals surface area contributed by atoms with E-state index in [2.05, 4.69) is 30.2 Å². The highest BCUT2D eigenvalue weighted by Gasteiger charge is 2.07. The van der Waals surface area contributed by atoms with Gasteiger partial charge in [0.1, 0.15) is 0 Å².